The maximum Gasteiger partial charge on any atom is 0.237 e. The fraction of sp³-hybridized carbons (Fsp3) is 0.476. The van der Waals surface area contributed by atoms with E-state index in [2.05, 4.69) is 31.1 Å². The third kappa shape index (κ3) is 5.24. The molecule has 1 aromatic carbocycles. The molecule has 1 N–H and O–H groups in total. The minimum Gasteiger partial charge on any atom is -0.352 e. The van der Waals surface area contributed by atoms with Crippen LogP contribution >= 0.6 is 27.3 Å². The highest BCUT2D eigenvalue weighted by molar-refractivity contribution is 9.10. The van der Waals surface area contributed by atoms with Gasteiger partial charge in [-0.15, -0.1) is 11.3 Å². The van der Waals surface area contributed by atoms with Crippen LogP contribution in [0.15, 0.2) is 34.1 Å². The molecular weight excluding hydrogens is 452 g/mol. The number of carbonyl (C=O) groups excluding carboxylic acids is 2. The number of nitrogens with one attached hydrogen (secondary N) is 1. The van der Waals surface area contributed by atoms with Gasteiger partial charge in [-0.05, 0) is 31.9 Å². The molecule has 1 aliphatic heterocycles. The maximum absolute atomic E-state index is 12.7. The van der Waals surface area contributed by atoms with Crippen molar-refractivity contribution in [2.45, 2.75) is 38.3 Å². The number of nitrogens with zero attached hydrogens (tertiary/aromatic N) is 3. The first-order valence-corrected chi connectivity index (χ1v) is 11.7. The van der Waals surface area contributed by atoms with E-state index in [1.807, 2.05) is 41.5 Å². The summed E-state index contributed by atoms with van der Waals surface area (Å²) < 4.78 is 1.01. The molecule has 0 radical (unpaired) electrons. The highest BCUT2D eigenvalue weighted by Gasteiger charge is 2.31. The van der Waals surface area contributed by atoms with Gasteiger partial charge < -0.3 is 10.2 Å². The zero-order chi connectivity index (χ0) is 20.4. The monoisotopic (exact) mass is 476 g/mol. The average molecular weight is 477 g/mol. The van der Waals surface area contributed by atoms with Crippen LogP contribution in [-0.2, 0) is 16.0 Å². The summed E-state index contributed by atoms with van der Waals surface area (Å²) >= 11 is 5.05. The summed E-state index contributed by atoms with van der Waals surface area (Å²) in [5.41, 5.74) is 1.87. The van der Waals surface area contributed by atoms with Crippen molar-refractivity contribution >= 4 is 39.1 Å². The Labute approximate surface area is 183 Å². The van der Waals surface area contributed by atoms with E-state index < -0.39 is 0 Å². The lowest BCUT2D eigenvalue weighted by molar-refractivity contribution is -0.133. The second kappa shape index (κ2) is 8.93. The van der Waals surface area contributed by atoms with Crippen molar-refractivity contribution in [1.29, 1.82) is 0 Å². The van der Waals surface area contributed by atoms with Crippen LogP contribution in [0.1, 0.15) is 25.5 Å². The summed E-state index contributed by atoms with van der Waals surface area (Å²) in [6, 6.07) is 8.26. The Morgan fingerprint density at radius 1 is 1.28 bits per heavy atom. The van der Waals surface area contributed by atoms with Crippen molar-refractivity contribution in [3.05, 3.63) is 39.8 Å². The fourth-order valence-corrected chi connectivity index (χ4v) is 4.70. The smallest absolute Gasteiger partial charge is 0.237 e. The molecule has 1 aliphatic carbocycles. The molecule has 1 saturated heterocycles. The van der Waals surface area contributed by atoms with Gasteiger partial charge in [-0.2, -0.15) is 0 Å². The van der Waals surface area contributed by atoms with Crippen molar-refractivity contribution in [3.63, 3.8) is 0 Å². The normalized spacial score (nSPS) is 18.5. The molecule has 1 unspecified atom stereocenters. The van der Waals surface area contributed by atoms with Crippen LogP contribution in [0.25, 0.3) is 10.6 Å². The van der Waals surface area contributed by atoms with E-state index in [1.165, 1.54) is 0 Å². The average Bonchev–Trinajstić information content (AvgIpc) is 3.42. The Morgan fingerprint density at radius 3 is 2.72 bits per heavy atom. The Hall–Kier alpha value is -1.77. The first kappa shape index (κ1) is 20.5. The topological polar surface area (TPSA) is 65.5 Å². The number of halogens is 1. The number of rotatable bonds is 6. The molecule has 29 heavy (non-hydrogen) atoms. The zero-order valence-electron chi connectivity index (χ0n) is 16.4. The van der Waals surface area contributed by atoms with Crippen molar-refractivity contribution in [2.24, 2.45) is 0 Å². The number of amides is 2. The van der Waals surface area contributed by atoms with Crippen LogP contribution in [0, 0.1) is 0 Å². The van der Waals surface area contributed by atoms with Gasteiger partial charge in [0.25, 0.3) is 0 Å². The summed E-state index contributed by atoms with van der Waals surface area (Å²) in [5.74, 6) is 0.209. The van der Waals surface area contributed by atoms with Crippen molar-refractivity contribution in [2.75, 3.05) is 26.2 Å². The van der Waals surface area contributed by atoms with Gasteiger partial charge in [0.2, 0.25) is 11.8 Å². The summed E-state index contributed by atoms with van der Waals surface area (Å²) in [4.78, 5) is 33.7. The number of hydrogen-bond acceptors (Lipinski definition) is 5. The molecule has 0 spiro atoms. The van der Waals surface area contributed by atoms with Gasteiger partial charge in [0.15, 0.2) is 0 Å². The van der Waals surface area contributed by atoms with Crippen LogP contribution in [0.2, 0.25) is 0 Å². The third-order valence-electron chi connectivity index (χ3n) is 5.47. The van der Waals surface area contributed by atoms with Crippen molar-refractivity contribution in [1.82, 2.24) is 20.1 Å². The highest BCUT2D eigenvalue weighted by atomic mass is 79.9. The molecule has 4 rings (SSSR count). The molecule has 0 bridgehead atoms. The molecule has 8 heteroatoms. The van der Waals surface area contributed by atoms with Crippen LogP contribution < -0.4 is 5.32 Å². The highest BCUT2D eigenvalue weighted by Crippen LogP contribution is 2.26. The second-order valence-electron chi connectivity index (χ2n) is 7.71. The first-order valence-electron chi connectivity index (χ1n) is 10.0. The van der Waals surface area contributed by atoms with E-state index in [0.717, 1.165) is 46.7 Å². The number of piperazine rings is 1. The molecule has 6 nitrogen and oxygen atoms in total. The van der Waals surface area contributed by atoms with Gasteiger partial charge in [-0.1, -0.05) is 28.1 Å². The van der Waals surface area contributed by atoms with Gasteiger partial charge in [0.1, 0.15) is 5.01 Å². The van der Waals surface area contributed by atoms with Crippen LogP contribution in [0.5, 0.6) is 0 Å². The van der Waals surface area contributed by atoms with Gasteiger partial charge in [0.05, 0.1) is 18.2 Å². The number of thiazole rings is 1. The van der Waals surface area contributed by atoms with E-state index in [9.17, 15) is 9.59 Å². The number of aromatic nitrogens is 1. The Balaban J connectivity index is 1.28. The molecule has 1 saturated carbocycles. The molecule has 2 amide bonds. The molecule has 154 valence electrons. The predicted octanol–water partition coefficient (Wildman–Crippen LogP) is 2.93. The van der Waals surface area contributed by atoms with Gasteiger partial charge in [-0.25, -0.2) is 4.98 Å². The number of hydrogen-bond donors (Lipinski definition) is 1. The molecule has 2 heterocycles. The summed E-state index contributed by atoms with van der Waals surface area (Å²) in [6.07, 6.45) is 2.52. The Bertz CT molecular complexity index is 890. The molecule has 1 aromatic heterocycles. The fourth-order valence-electron chi connectivity index (χ4n) is 3.48. The number of carbonyl (C=O) groups is 2. The minimum atomic E-state index is -0.140. The lowest BCUT2D eigenvalue weighted by atomic mass is 10.2. The lowest BCUT2D eigenvalue weighted by Gasteiger charge is -2.37. The van der Waals surface area contributed by atoms with E-state index in [-0.39, 0.29) is 17.9 Å². The zero-order valence-corrected chi connectivity index (χ0v) is 18.8. The molecule has 1 atom stereocenters. The van der Waals surface area contributed by atoms with E-state index in [0.29, 0.717) is 25.6 Å². The molecule has 2 fully saturated rings. The largest absolute Gasteiger partial charge is 0.352 e. The Kier molecular flexibility index (Phi) is 6.32. The summed E-state index contributed by atoms with van der Waals surface area (Å²) in [7, 11) is 0. The summed E-state index contributed by atoms with van der Waals surface area (Å²) in [6.45, 7) is 4.72. The van der Waals surface area contributed by atoms with E-state index in [4.69, 9.17) is 0 Å². The van der Waals surface area contributed by atoms with Crippen molar-refractivity contribution in [3.8, 4) is 10.6 Å². The maximum atomic E-state index is 12.7. The van der Waals surface area contributed by atoms with E-state index >= 15 is 0 Å². The molecule has 2 aromatic rings. The predicted molar refractivity (Wildman–Crippen MR) is 118 cm³/mol. The molecular formula is C21H25BrN4O2S. The SMILES string of the molecule is CC(C(=O)NC1CC1)N1CCN(C(=O)Cc2csc(-c3cccc(Br)c3)n2)CC1. The Morgan fingerprint density at radius 2 is 2.03 bits per heavy atom. The lowest BCUT2D eigenvalue weighted by Crippen LogP contribution is -2.55. The second-order valence-corrected chi connectivity index (χ2v) is 9.48. The van der Waals surface area contributed by atoms with Crippen LogP contribution in [-0.4, -0.2) is 64.9 Å². The van der Waals surface area contributed by atoms with E-state index in [1.54, 1.807) is 11.3 Å². The van der Waals surface area contributed by atoms with Crippen LogP contribution in [0.3, 0.4) is 0 Å². The third-order valence-corrected chi connectivity index (χ3v) is 6.91. The molecule has 2 aliphatic rings. The number of benzene rings is 1. The first-order chi connectivity index (χ1) is 14.0. The summed E-state index contributed by atoms with van der Waals surface area (Å²) in [5, 5.41) is 5.96. The van der Waals surface area contributed by atoms with Gasteiger partial charge in [-0.3, -0.25) is 14.5 Å². The van der Waals surface area contributed by atoms with Crippen molar-refractivity contribution < 1.29 is 9.59 Å². The quantitative estimate of drug-likeness (QED) is 0.695. The standard InChI is InChI=1S/C21H25BrN4O2S/c1-14(20(28)23-17-5-6-17)25-7-9-26(10-8-25)19(27)12-18-13-29-21(24-18)15-3-2-4-16(22)11-15/h2-4,11,13-14,17H,5-10,12H2,1H3,(H,23,28). The minimum absolute atomic E-state index is 0.103. The van der Waals surface area contributed by atoms with Gasteiger partial charge >= 0.3 is 0 Å². The van der Waals surface area contributed by atoms with Crippen LogP contribution in [0.4, 0.5) is 0 Å². The van der Waals surface area contributed by atoms with Gasteiger partial charge in [0, 0.05) is 47.6 Å².